The lowest BCUT2D eigenvalue weighted by Crippen LogP contribution is -3.19. The fourth-order valence-electron chi connectivity index (χ4n) is 4.42. The molecule has 2 N–H and O–H groups in total. The molecule has 0 unspecified atom stereocenters. The number of Topliss-reactive ketones (excluding diaryl/α,β-unsaturated/α-hetero) is 1. The molecule has 2 aliphatic rings. The van der Waals surface area contributed by atoms with Crippen molar-refractivity contribution in [2.75, 3.05) is 31.1 Å². The molecule has 1 heterocycles. The van der Waals surface area contributed by atoms with E-state index in [-0.39, 0.29) is 17.7 Å². The van der Waals surface area contributed by atoms with Crippen molar-refractivity contribution in [3.8, 4) is 0 Å². The summed E-state index contributed by atoms with van der Waals surface area (Å²) >= 11 is 0. The van der Waals surface area contributed by atoms with Crippen LogP contribution in [0.2, 0.25) is 0 Å². The lowest BCUT2D eigenvalue weighted by Gasteiger charge is -2.37. The molecule has 0 spiro atoms. The van der Waals surface area contributed by atoms with Crippen molar-refractivity contribution in [2.24, 2.45) is 5.92 Å². The van der Waals surface area contributed by atoms with E-state index in [0.717, 1.165) is 43.9 Å². The molecular formula is C22H34N3O2+. The minimum absolute atomic E-state index is 0.00126. The minimum atomic E-state index is 0.00126. The van der Waals surface area contributed by atoms with Crippen LogP contribution in [0.1, 0.15) is 56.8 Å². The second-order valence-electron chi connectivity index (χ2n) is 8.35. The summed E-state index contributed by atoms with van der Waals surface area (Å²) in [6, 6.07) is 8.22. The van der Waals surface area contributed by atoms with Gasteiger partial charge in [0.25, 0.3) is 5.91 Å². The predicted molar refractivity (Wildman–Crippen MR) is 108 cm³/mol. The number of rotatable bonds is 5. The Kier molecular flexibility index (Phi) is 6.53. The third kappa shape index (κ3) is 4.89. The zero-order chi connectivity index (χ0) is 19.4. The van der Waals surface area contributed by atoms with Crippen molar-refractivity contribution in [3.05, 3.63) is 29.8 Å². The molecule has 5 nitrogen and oxygen atoms in total. The number of carbonyl (C=O) groups excluding carboxylic acids is 2. The average Bonchev–Trinajstić information content (AvgIpc) is 2.69. The Morgan fingerprint density at radius 3 is 2.33 bits per heavy atom. The van der Waals surface area contributed by atoms with Crippen molar-refractivity contribution in [2.45, 2.75) is 58.5 Å². The van der Waals surface area contributed by atoms with Crippen LogP contribution in [0.4, 0.5) is 5.69 Å². The molecule has 5 heteroatoms. The van der Waals surface area contributed by atoms with Gasteiger partial charge in [0, 0.05) is 17.3 Å². The molecular weight excluding hydrogens is 338 g/mol. The van der Waals surface area contributed by atoms with Crippen LogP contribution in [0.25, 0.3) is 0 Å². The van der Waals surface area contributed by atoms with E-state index in [0.29, 0.717) is 12.0 Å². The molecule has 1 saturated carbocycles. The number of hydrogen-bond donors (Lipinski definition) is 2. The molecule has 0 bridgehead atoms. The number of amides is 1. The number of quaternary nitrogens is 1. The lowest BCUT2D eigenvalue weighted by molar-refractivity contribution is -0.914. The summed E-state index contributed by atoms with van der Waals surface area (Å²) in [7, 11) is 0. The van der Waals surface area contributed by atoms with Gasteiger partial charge in [-0.15, -0.1) is 0 Å². The second-order valence-corrected chi connectivity index (χ2v) is 8.35. The Balaban J connectivity index is 1.50. The van der Waals surface area contributed by atoms with E-state index in [1.807, 2.05) is 24.3 Å². The highest BCUT2D eigenvalue weighted by Crippen LogP contribution is 2.23. The molecule has 27 heavy (non-hydrogen) atoms. The quantitative estimate of drug-likeness (QED) is 0.773. The Morgan fingerprint density at radius 1 is 1.11 bits per heavy atom. The van der Waals surface area contributed by atoms with Crippen molar-refractivity contribution in [1.29, 1.82) is 0 Å². The highest BCUT2D eigenvalue weighted by molar-refractivity contribution is 5.94. The van der Waals surface area contributed by atoms with Gasteiger partial charge < -0.3 is 15.1 Å². The molecule has 2 fully saturated rings. The Hall–Kier alpha value is -1.88. The van der Waals surface area contributed by atoms with Crippen LogP contribution in [0, 0.1) is 5.92 Å². The highest BCUT2D eigenvalue weighted by Gasteiger charge is 2.32. The second kappa shape index (κ2) is 8.87. The van der Waals surface area contributed by atoms with Crippen molar-refractivity contribution in [3.63, 3.8) is 0 Å². The number of piperazine rings is 1. The van der Waals surface area contributed by atoms with Crippen molar-refractivity contribution < 1.29 is 14.5 Å². The van der Waals surface area contributed by atoms with Gasteiger partial charge in [-0.2, -0.15) is 0 Å². The SMILES string of the molecule is CC(=O)c1ccc(N2CC[NH+]([C@H](C)C(=O)N[C@@H]3CCCC[C@H]3C)CC2)cc1. The monoisotopic (exact) mass is 372 g/mol. The number of benzene rings is 1. The van der Waals surface area contributed by atoms with Gasteiger partial charge in [0.2, 0.25) is 0 Å². The fourth-order valence-corrected chi connectivity index (χ4v) is 4.42. The van der Waals surface area contributed by atoms with Gasteiger partial charge in [0.1, 0.15) is 0 Å². The van der Waals surface area contributed by atoms with Crippen LogP contribution in [-0.4, -0.2) is 50.0 Å². The largest absolute Gasteiger partial charge is 0.360 e. The zero-order valence-electron chi connectivity index (χ0n) is 17.0. The van der Waals surface area contributed by atoms with E-state index in [4.69, 9.17) is 0 Å². The summed E-state index contributed by atoms with van der Waals surface area (Å²) in [5.74, 6) is 0.908. The summed E-state index contributed by atoms with van der Waals surface area (Å²) < 4.78 is 0. The summed E-state index contributed by atoms with van der Waals surface area (Å²) in [6.45, 7) is 9.72. The maximum Gasteiger partial charge on any atom is 0.278 e. The van der Waals surface area contributed by atoms with Crippen LogP contribution >= 0.6 is 0 Å². The van der Waals surface area contributed by atoms with E-state index < -0.39 is 0 Å². The summed E-state index contributed by atoms with van der Waals surface area (Å²) in [6.07, 6.45) is 4.88. The van der Waals surface area contributed by atoms with Crippen LogP contribution in [0.5, 0.6) is 0 Å². The Bertz CT molecular complexity index is 650. The number of nitrogens with zero attached hydrogens (tertiary/aromatic N) is 1. The van der Waals surface area contributed by atoms with Gasteiger partial charge in [-0.1, -0.05) is 19.8 Å². The standard InChI is InChI=1S/C22H33N3O2/c1-16-6-4-5-7-21(16)23-22(27)17(2)24-12-14-25(15-13-24)20-10-8-19(9-11-20)18(3)26/h8-11,16-17,21H,4-7,12-15H2,1-3H3,(H,23,27)/p+1/t16-,17-,21-/m1/s1. The van der Waals surface area contributed by atoms with Gasteiger partial charge in [-0.05, 0) is 56.9 Å². The van der Waals surface area contributed by atoms with Gasteiger partial charge in [0.15, 0.2) is 11.8 Å². The third-order valence-electron chi connectivity index (χ3n) is 6.49. The number of hydrogen-bond acceptors (Lipinski definition) is 3. The number of anilines is 1. The molecule has 1 aromatic rings. The number of nitrogens with one attached hydrogen (secondary N) is 2. The first-order valence-corrected chi connectivity index (χ1v) is 10.5. The first-order valence-electron chi connectivity index (χ1n) is 10.5. The molecule has 1 aliphatic carbocycles. The van der Waals surface area contributed by atoms with E-state index in [1.165, 1.54) is 24.2 Å². The van der Waals surface area contributed by atoms with E-state index >= 15 is 0 Å². The topological polar surface area (TPSA) is 53.9 Å². The van der Waals surface area contributed by atoms with E-state index in [9.17, 15) is 9.59 Å². The molecule has 3 rings (SSSR count). The molecule has 0 aromatic heterocycles. The van der Waals surface area contributed by atoms with Gasteiger partial charge >= 0.3 is 0 Å². The smallest absolute Gasteiger partial charge is 0.278 e. The zero-order valence-corrected chi connectivity index (χ0v) is 17.0. The lowest BCUT2D eigenvalue weighted by atomic mass is 9.86. The van der Waals surface area contributed by atoms with Crippen LogP contribution in [0.3, 0.4) is 0 Å². The van der Waals surface area contributed by atoms with Gasteiger partial charge in [-0.3, -0.25) is 9.59 Å². The van der Waals surface area contributed by atoms with Gasteiger partial charge in [0.05, 0.1) is 26.2 Å². The maximum atomic E-state index is 12.7. The Morgan fingerprint density at radius 2 is 1.74 bits per heavy atom. The van der Waals surface area contributed by atoms with E-state index in [1.54, 1.807) is 6.92 Å². The minimum Gasteiger partial charge on any atom is -0.360 e. The van der Waals surface area contributed by atoms with Crippen molar-refractivity contribution in [1.82, 2.24) is 5.32 Å². The van der Waals surface area contributed by atoms with Crippen LogP contribution in [0.15, 0.2) is 24.3 Å². The Labute approximate surface area is 163 Å². The van der Waals surface area contributed by atoms with Crippen molar-refractivity contribution >= 4 is 17.4 Å². The number of ketones is 1. The highest BCUT2D eigenvalue weighted by atomic mass is 16.2. The van der Waals surface area contributed by atoms with Crippen LogP contribution < -0.4 is 15.1 Å². The summed E-state index contributed by atoms with van der Waals surface area (Å²) in [5, 5.41) is 3.32. The molecule has 1 aliphatic heterocycles. The number of carbonyl (C=O) groups is 2. The first kappa shape index (κ1) is 19.9. The summed E-state index contributed by atoms with van der Waals surface area (Å²) in [4.78, 5) is 27.9. The molecule has 1 amide bonds. The van der Waals surface area contributed by atoms with E-state index in [2.05, 4.69) is 24.1 Å². The molecule has 1 aromatic carbocycles. The molecule has 1 saturated heterocycles. The molecule has 3 atom stereocenters. The normalized spacial score (nSPS) is 25.1. The fraction of sp³-hybridized carbons (Fsp3) is 0.636. The van der Waals surface area contributed by atoms with Crippen LogP contribution in [-0.2, 0) is 4.79 Å². The van der Waals surface area contributed by atoms with Gasteiger partial charge in [-0.25, -0.2) is 0 Å². The predicted octanol–water partition coefficient (Wildman–Crippen LogP) is 1.68. The third-order valence-corrected chi connectivity index (χ3v) is 6.49. The maximum absolute atomic E-state index is 12.7. The molecule has 0 radical (unpaired) electrons. The average molecular weight is 373 g/mol. The summed E-state index contributed by atoms with van der Waals surface area (Å²) in [5.41, 5.74) is 1.91. The first-order chi connectivity index (χ1) is 13.0. The molecule has 148 valence electrons.